The van der Waals surface area contributed by atoms with Gasteiger partial charge in [0.05, 0.1) is 39.6 Å². The molecule has 0 saturated heterocycles. The largest absolute Gasteiger partial charge is 0.481 e. The van der Waals surface area contributed by atoms with Crippen LogP contribution in [0.1, 0.15) is 266 Å². The second kappa shape index (κ2) is 36.4. The van der Waals surface area contributed by atoms with Crippen molar-refractivity contribution in [3.05, 3.63) is 173 Å². The molecule has 0 aliphatic heterocycles. The Morgan fingerprint density at radius 1 is 0.213 bits per heavy atom. The zero-order valence-electron chi connectivity index (χ0n) is 69.0. The maximum absolute atomic E-state index is 13.8. The molecular weight excluding hydrogens is 1370 g/mol. The van der Waals surface area contributed by atoms with Crippen molar-refractivity contribution in [2.45, 2.75) is 237 Å². The Kier molecular flexibility index (Phi) is 29.1. The molecule has 6 aromatic carbocycles. The van der Waals surface area contributed by atoms with E-state index in [1.54, 1.807) is 41.5 Å². The molecule has 18 nitrogen and oxygen atoms in total. The smallest absolute Gasteiger partial charge is 0.344 e. The Bertz CT molecular complexity index is 3370. The number of fused-ring (bicyclic) bond motifs is 12. The summed E-state index contributed by atoms with van der Waals surface area (Å²) in [4.78, 5) is 83.0. The van der Waals surface area contributed by atoms with Crippen LogP contribution >= 0.6 is 0 Å². The van der Waals surface area contributed by atoms with E-state index in [9.17, 15) is 28.8 Å². The third-order valence-electron chi connectivity index (χ3n) is 18.8. The first-order valence-corrected chi connectivity index (χ1v) is 38.2. The first-order chi connectivity index (χ1) is 50.5. The van der Waals surface area contributed by atoms with Crippen LogP contribution in [0.3, 0.4) is 0 Å². The molecule has 0 fully saturated rings. The summed E-state index contributed by atoms with van der Waals surface area (Å²) in [6.45, 7) is 46.8. The van der Waals surface area contributed by atoms with Gasteiger partial charge in [-0.05, 0) is 174 Å². The molecule has 0 aromatic heterocycles. The molecule has 0 atom stereocenters. The SMILES string of the molecule is CCOC(=O)COc1c2cc(C(C)(C)C)cc1Cc1cc(C(C)(C)C)cc(c1OCC(=O)OCC)Cc1cc(C(C)(C)C)cc(c1OCC(=O)OCC)Cc1cc(C(C)(C)C)cc(c1OCC(=O)OCC)Cc1cc(C(C)(C)C)cc(c1OCC(=O)OCC)Cc1cc(C(C)(C)C)cc(c1OCC(=O)OCC)C2. The van der Waals surface area contributed by atoms with E-state index in [2.05, 4.69) is 197 Å². The topological polar surface area (TPSA) is 213 Å². The van der Waals surface area contributed by atoms with Gasteiger partial charge in [-0.25, -0.2) is 28.8 Å². The van der Waals surface area contributed by atoms with Gasteiger partial charge in [0.15, 0.2) is 39.6 Å². The van der Waals surface area contributed by atoms with Crippen molar-refractivity contribution in [2.75, 3.05) is 79.3 Å². The van der Waals surface area contributed by atoms with Gasteiger partial charge in [-0.1, -0.05) is 197 Å². The zero-order valence-corrected chi connectivity index (χ0v) is 69.0. The number of carbonyl (C=O) groups is 6. The highest BCUT2D eigenvalue weighted by molar-refractivity contribution is 5.75. The lowest BCUT2D eigenvalue weighted by Crippen LogP contribution is -2.21. The van der Waals surface area contributed by atoms with Crippen LogP contribution in [0.5, 0.6) is 34.5 Å². The zero-order chi connectivity index (χ0) is 80.0. The second-order valence-corrected chi connectivity index (χ2v) is 33.9. The normalized spacial score (nSPS) is 12.9. The minimum atomic E-state index is -0.585. The van der Waals surface area contributed by atoms with E-state index >= 15 is 0 Å². The van der Waals surface area contributed by atoms with Crippen molar-refractivity contribution in [1.82, 2.24) is 0 Å². The predicted octanol–water partition coefficient (Wildman–Crippen LogP) is 17.0. The Balaban J connectivity index is 1.81. The molecule has 108 heavy (non-hydrogen) atoms. The molecule has 0 saturated carbocycles. The maximum Gasteiger partial charge on any atom is 0.344 e. The first kappa shape index (κ1) is 86.2. The van der Waals surface area contributed by atoms with Gasteiger partial charge >= 0.3 is 35.8 Å². The van der Waals surface area contributed by atoms with Crippen molar-refractivity contribution in [1.29, 1.82) is 0 Å². The molecule has 0 radical (unpaired) electrons. The van der Waals surface area contributed by atoms with E-state index in [-0.39, 0.29) is 78.2 Å². The van der Waals surface area contributed by atoms with Crippen molar-refractivity contribution < 1.29 is 85.6 Å². The van der Waals surface area contributed by atoms with Crippen molar-refractivity contribution >= 4 is 35.8 Å². The van der Waals surface area contributed by atoms with Crippen LogP contribution in [0.15, 0.2) is 72.8 Å². The number of rotatable bonds is 24. The molecule has 7 rings (SSSR count). The summed E-state index contributed by atoms with van der Waals surface area (Å²) >= 11 is 0. The molecule has 1 aliphatic carbocycles. The van der Waals surface area contributed by atoms with Gasteiger partial charge in [-0.3, -0.25) is 0 Å². The summed E-state index contributed by atoms with van der Waals surface area (Å²) < 4.78 is 75.1. The molecule has 0 amide bonds. The number of ether oxygens (including phenoxy) is 12. The maximum atomic E-state index is 13.8. The lowest BCUT2D eigenvalue weighted by atomic mass is 9.79. The number of hydrogen-bond donors (Lipinski definition) is 0. The highest BCUT2D eigenvalue weighted by Crippen LogP contribution is 2.47. The van der Waals surface area contributed by atoms with Gasteiger partial charge in [0.25, 0.3) is 0 Å². The van der Waals surface area contributed by atoms with Crippen LogP contribution in [0, 0.1) is 0 Å². The van der Waals surface area contributed by atoms with Gasteiger partial charge in [0, 0.05) is 38.5 Å². The fourth-order valence-electron chi connectivity index (χ4n) is 13.0. The van der Waals surface area contributed by atoms with Gasteiger partial charge in [-0.15, -0.1) is 0 Å². The van der Waals surface area contributed by atoms with Crippen molar-refractivity contribution in [3.8, 4) is 34.5 Å². The average molecular weight is 1490 g/mol. The average Bonchev–Trinajstić information content (AvgIpc) is 0.767. The quantitative estimate of drug-likeness (QED) is 0.0406. The highest BCUT2D eigenvalue weighted by Gasteiger charge is 2.33. The van der Waals surface area contributed by atoms with E-state index in [4.69, 9.17) is 56.8 Å². The number of carbonyl (C=O) groups excluding carboxylic acids is 6. The summed E-state index contributed by atoms with van der Waals surface area (Å²) in [5, 5.41) is 0. The van der Waals surface area contributed by atoms with Crippen molar-refractivity contribution in [3.63, 3.8) is 0 Å². The van der Waals surface area contributed by atoms with Crippen LogP contribution in [0.2, 0.25) is 0 Å². The van der Waals surface area contributed by atoms with Crippen LogP contribution in [-0.2, 0) is 128 Å². The highest BCUT2D eigenvalue weighted by atomic mass is 16.6. The molecule has 6 aromatic rings. The number of benzene rings is 6. The van der Waals surface area contributed by atoms with E-state index in [1.165, 1.54) is 0 Å². The van der Waals surface area contributed by atoms with Gasteiger partial charge < -0.3 is 56.8 Å². The lowest BCUT2D eigenvalue weighted by molar-refractivity contribution is -0.146. The van der Waals surface area contributed by atoms with E-state index < -0.39 is 108 Å². The predicted molar refractivity (Wildman–Crippen MR) is 420 cm³/mol. The fraction of sp³-hybridized carbons (Fsp3) is 0.533. The molecule has 18 heteroatoms. The van der Waals surface area contributed by atoms with Crippen LogP contribution in [0.4, 0.5) is 0 Å². The Hall–Kier alpha value is -9.06. The van der Waals surface area contributed by atoms with Gasteiger partial charge in [0.1, 0.15) is 34.5 Å². The number of esters is 6. The molecule has 0 spiro atoms. The minimum Gasteiger partial charge on any atom is -0.481 e. The van der Waals surface area contributed by atoms with E-state index in [0.29, 0.717) is 101 Å². The lowest BCUT2D eigenvalue weighted by Gasteiger charge is -2.29. The molecule has 1 aliphatic rings. The third kappa shape index (κ3) is 23.5. The molecule has 0 heterocycles. The summed E-state index contributed by atoms with van der Waals surface area (Å²) in [6, 6.07) is 25.2. The Morgan fingerprint density at radius 3 is 0.398 bits per heavy atom. The van der Waals surface area contributed by atoms with Crippen LogP contribution < -0.4 is 28.4 Å². The van der Waals surface area contributed by atoms with Crippen molar-refractivity contribution in [2.24, 2.45) is 0 Å². The molecule has 0 N–H and O–H groups in total. The summed E-state index contributed by atoms with van der Waals surface area (Å²) in [5.41, 5.74) is 10.7. The van der Waals surface area contributed by atoms with Gasteiger partial charge in [0.2, 0.25) is 0 Å². The molecule has 0 unspecified atom stereocenters. The third-order valence-corrected chi connectivity index (χ3v) is 18.8. The van der Waals surface area contributed by atoms with E-state index in [1.807, 2.05) is 0 Å². The van der Waals surface area contributed by atoms with Gasteiger partial charge in [-0.2, -0.15) is 0 Å². The van der Waals surface area contributed by atoms with Crippen LogP contribution in [0.25, 0.3) is 0 Å². The second-order valence-electron chi connectivity index (χ2n) is 33.9. The minimum absolute atomic E-state index is 0.112. The molecular formula is C90H120O18. The summed E-state index contributed by atoms with van der Waals surface area (Å²) in [7, 11) is 0. The standard InChI is InChI=1S/C90H120O18/c1-25-97-73(91)49-103-79-55-31-57-39-68(86(10,11)12)41-59(80(57)104-50-74(92)98-26-2)33-61-43-70(88(16,17)18)45-63(82(61)106-52-76(94)100-28-4)35-65-47-72(90(22,23)24)48-66(84(65)108-54-78(96)102-30-6)36-64-46-71(89(19,20)21)44-62(83(64)107-53-77(95)101-29-5)34-60-42-69(87(13,14)15)40-58(81(60)105-51-75(93)99-27-3)32-56(79)38-67(37-55)85(7,8)9/h37-48H,25-36,49-54H2,1-24H3. The van der Waals surface area contributed by atoms with E-state index in [0.717, 1.165) is 33.4 Å². The summed E-state index contributed by atoms with van der Waals surface area (Å²) in [6.07, 6.45) is 0.781. The Labute approximate surface area is 642 Å². The monoisotopic (exact) mass is 1490 g/mol. The first-order valence-electron chi connectivity index (χ1n) is 38.2. The van der Waals surface area contributed by atoms with Crippen LogP contribution in [-0.4, -0.2) is 115 Å². The molecule has 12 bridgehead atoms. The summed E-state index contributed by atoms with van der Waals surface area (Å²) in [5.74, 6) is -1.17. The number of hydrogen-bond acceptors (Lipinski definition) is 18. The Morgan fingerprint density at radius 2 is 0.315 bits per heavy atom. The fourth-order valence-corrected chi connectivity index (χ4v) is 13.0. The molecule has 588 valence electrons.